The van der Waals surface area contributed by atoms with Crippen LogP contribution in [0.3, 0.4) is 0 Å². The molecule has 0 atom stereocenters. The van der Waals surface area contributed by atoms with Gasteiger partial charge in [-0.15, -0.1) is 0 Å². The van der Waals surface area contributed by atoms with Gasteiger partial charge in [0.1, 0.15) is 5.75 Å². The molecule has 14 heavy (non-hydrogen) atoms. The van der Waals surface area contributed by atoms with Gasteiger partial charge in [0.2, 0.25) is 5.88 Å². The Morgan fingerprint density at radius 3 is 2.50 bits per heavy atom. The fourth-order valence-electron chi connectivity index (χ4n) is 1.42. The molecule has 78 valence electrons. The van der Waals surface area contributed by atoms with E-state index in [1.807, 2.05) is 6.07 Å². The standard InChI is InChI=1S/C11H17NO2/c1-8(2)7-9-10(13-3)5-6-12-11(9)14-4/h5-6,8H,7H2,1-4H3. The van der Waals surface area contributed by atoms with Crippen molar-refractivity contribution in [2.75, 3.05) is 14.2 Å². The third-order valence-corrected chi connectivity index (χ3v) is 2.00. The predicted molar refractivity (Wildman–Crippen MR) is 55.9 cm³/mol. The molecule has 0 aliphatic rings. The van der Waals surface area contributed by atoms with Crippen LogP contribution in [0.4, 0.5) is 0 Å². The molecule has 0 radical (unpaired) electrons. The SMILES string of the molecule is COc1ccnc(OC)c1CC(C)C. The van der Waals surface area contributed by atoms with E-state index in [-0.39, 0.29) is 0 Å². The van der Waals surface area contributed by atoms with Crippen molar-refractivity contribution in [2.24, 2.45) is 5.92 Å². The number of nitrogens with zero attached hydrogens (tertiary/aromatic N) is 1. The van der Waals surface area contributed by atoms with Gasteiger partial charge in [-0.05, 0) is 18.4 Å². The molecule has 0 aliphatic carbocycles. The number of hydrogen-bond donors (Lipinski definition) is 0. The minimum atomic E-state index is 0.557. The summed E-state index contributed by atoms with van der Waals surface area (Å²) in [7, 11) is 3.30. The fourth-order valence-corrected chi connectivity index (χ4v) is 1.42. The molecule has 0 saturated carbocycles. The van der Waals surface area contributed by atoms with Crippen LogP contribution < -0.4 is 9.47 Å². The van der Waals surface area contributed by atoms with Crippen LogP contribution in [0.1, 0.15) is 19.4 Å². The summed E-state index contributed by atoms with van der Waals surface area (Å²) < 4.78 is 10.5. The van der Waals surface area contributed by atoms with Gasteiger partial charge in [0.25, 0.3) is 0 Å². The fraction of sp³-hybridized carbons (Fsp3) is 0.545. The molecule has 1 aromatic heterocycles. The summed E-state index contributed by atoms with van der Waals surface area (Å²) in [6.07, 6.45) is 2.61. The van der Waals surface area contributed by atoms with Crippen LogP contribution in [-0.4, -0.2) is 19.2 Å². The first kappa shape index (κ1) is 10.8. The van der Waals surface area contributed by atoms with Crippen molar-refractivity contribution in [1.29, 1.82) is 0 Å². The van der Waals surface area contributed by atoms with Gasteiger partial charge < -0.3 is 9.47 Å². The van der Waals surface area contributed by atoms with E-state index in [4.69, 9.17) is 9.47 Å². The first-order valence-electron chi connectivity index (χ1n) is 4.75. The highest BCUT2D eigenvalue weighted by Crippen LogP contribution is 2.28. The molecule has 1 heterocycles. The number of pyridine rings is 1. The van der Waals surface area contributed by atoms with Crippen molar-refractivity contribution in [3.8, 4) is 11.6 Å². The van der Waals surface area contributed by atoms with Crippen molar-refractivity contribution in [1.82, 2.24) is 4.98 Å². The van der Waals surface area contributed by atoms with E-state index < -0.39 is 0 Å². The lowest BCUT2D eigenvalue weighted by atomic mass is 10.0. The molecule has 3 heteroatoms. The number of ether oxygens (including phenoxy) is 2. The molecule has 1 aromatic rings. The normalized spacial score (nSPS) is 10.4. The maximum atomic E-state index is 5.27. The Morgan fingerprint density at radius 2 is 2.00 bits per heavy atom. The van der Waals surface area contributed by atoms with Crippen molar-refractivity contribution >= 4 is 0 Å². The Balaban J connectivity index is 3.05. The van der Waals surface area contributed by atoms with E-state index in [1.54, 1.807) is 20.4 Å². The second-order valence-corrected chi connectivity index (χ2v) is 3.60. The van der Waals surface area contributed by atoms with E-state index in [0.717, 1.165) is 17.7 Å². The van der Waals surface area contributed by atoms with Crippen LogP contribution in [0.2, 0.25) is 0 Å². The Labute approximate surface area is 85.1 Å². The lowest BCUT2D eigenvalue weighted by molar-refractivity contribution is 0.369. The molecule has 0 amide bonds. The topological polar surface area (TPSA) is 31.4 Å². The molecule has 0 N–H and O–H groups in total. The van der Waals surface area contributed by atoms with Crippen LogP contribution >= 0.6 is 0 Å². The van der Waals surface area contributed by atoms with Gasteiger partial charge in [0.05, 0.1) is 19.8 Å². The Kier molecular flexibility index (Phi) is 3.74. The Hall–Kier alpha value is -1.25. The van der Waals surface area contributed by atoms with Gasteiger partial charge in [-0.2, -0.15) is 0 Å². The van der Waals surface area contributed by atoms with Gasteiger partial charge >= 0.3 is 0 Å². The smallest absolute Gasteiger partial charge is 0.220 e. The van der Waals surface area contributed by atoms with Gasteiger partial charge in [-0.1, -0.05) is 13.8 Å². The van der Waals surface area contributed by atoms with E-state index in [0.29, 0.717) is 11.8 Å². The molecule has 0 aromatic carbocycles. The van der Waals surface area contributed by atoms with Crippen LogP contribution in [0.15, 0.2) is 12.3 Å². The summed E-state index contributed by atoms with van der Waals surface area (Å²) in [4.78, 5) is 4.16. The number of methoxy groups -OCH3 is 2. The summed E-state index contributed by atoms with van der Waals surface area (Å²) >= 11 is 0. The molecule has 0 bridgehead atoms. The van der Waals surface area contributed by atoms with E-state index >= 15 is 0 Å². The molecule has 0 saturated heterocycles. The van der Waals surface area contributed by atoms with Crippen LogP contribution in [0, 0.1) is 5.92 Å². The number of aromatic nitrogens is 1. The maximum Gasteiger partial charge on any atom is 0.220 e. The molecule has 3 nitrogen and oxygen atoms in total. The predicted octanol–water partition coefficient (Wildman–Crippen LogP) is 2.30. The summed E-state index contributed by atoms with van der Waals surface area (Å²) in [6, 6.07) is 1.86. The highest BCUT2D eigenvalue weighted by molar-refractivity contribution is 5.39. The summed E-state index contributed by atoms with van der Waals surface area (Å²) in [5, 5.41) is 0. The quantitative estimate of drug-likeness (QED) is 0.738. The summed E-state index contributed by atoms with van der Waals surface area (Å²) in [6.45, 7) is 4.32. The second-order valence-electron chi connectivity index (χ2n) is 3.60. The Bertz CT molecular complexity index is 275. The van der Waals surface area contributed by atoms with Crippen molar-refractivity contribution in [3.63, 3.8) is 0 Å². The minimum absolute atomic E-state index is 0.557. The summed E-state index contributed by atoms with van der Waals surface area (Å²) in [5.41, 5.74) is 1.05. The monoisotopic (exact) mass is 195 g/mol. The average Bonchev–Trinajstić information content (AvgIpc) is 2.17. The first-order chi connectivity index (χ1) is 6.69. The van der Waals surface area contributed by atoms with Crippen LogP contribution in [-0.2, 0) is 6.42 Å². The van der Waals surface area contributed by atoms with E-state index in [2.05, 4.69) is 18.8 Å². The van der Waals surface area contributed by atoms with Gasteiger partial charge in [0.15, 0.2) is 0 Å². The van der Waals surface area contributed by atoms with Crippen LogP contribution in [0.5, 0.6) is 11.6 Å². The highest BCUT2D eigenvalue weighted by Gasteiger charge is 2.12. The third kappa shape index (κ3) is 2.37. The largest absolute Gasteiger partial charge is 0.496 e. The molecule has 0 unspecified atom stereocenters. The second kappa shape index (κ2) is 4.84. The van der Waals surface area contributed by atoms with E-state index in [9.17, 15) is 0 Å². The molecule has 0 fully saturated rings. The molecule has 1 rings (SSSR count). The van der Waals surface area contributed by atoms with E-state index in [1.165, 1.54) is 0 Å². The zero-order chi connectivity index (χ0) is 10.6. The average molecular weight is 195 g/mol. The van der Waals surface area contributed by atoms with Gasteiger partial charge in [-0.3, -0.25) is 0 Å². The molecular weight excluding hydrogens is 178 g/mol. The zero-order valence-corrected chi connectivity index (χ0v) is 9.20. The lowest BCUT2D eigenvalue weighted by Crippen LogP contribution is -2.02. The first-order valence-corrected chi connectivity index (χ1v) is 4.75. The highest BCUT2D eigenvalue weighted by atomic mass is 16.5. The number of rotatable bonds is 4. The Morgan fingerprint density at radius 1 is 1.29 bits per heavy atom. The van der Waals surface area contributed by atoms with Crippen molar-refractivity contribution in [3.05, 3.63) is 17.8 Å². The third-order valence-electron chi connectivity index (χ3n) is 2.00. The van der Waals surface area contributed by atoms with Crippen molar-refractivity contribution in [2.45, 2.75) is 20.3 Å². The number of hydrogen-bond acceptors (Lipinski definition) is 3. The molecule has 0 aliphatic heterocycles. The van der Waals surface area contributed by atoms with Crippen LogP contribution in [0.25, 0.3) is 0 Å². The van der Waals surface area contributed by atoms with Gasteiger partial charge in [-0.25, -0.2) is 4.98 Å². The van der Waals surface area contributed by atoms with Gasteiger partial charge in [0, 0.05) is 6.20 Å². The molecular formula is C11H17NO2. The lowest BCUT2D eigenvalue weighted by Gasteiger charge is -2.13. The minimum Gasteiger partial charge on any atom is -0.496 e. The maximum absolute atomic E-state index is 5.27. The zero-order valence-electron chi connectivity index (χ0n) is 9.20. The summed E-state index contributed by atoms with van der Waals surface area (Å²) in [5.74, 6) is 2.07. The molecule has 0 spiro atoms. The van der Waals surface area contributed by atoms with Crippen molar-refractivity contribution < 1.29 is 9.47 Å².